The molecule has 2 N–H and O–H groups in total. The molecule has 1 aromatic rings. The van der Waals surface area contributed by atoms with E-state index < -0.39 is 0 Å². The van der Waals surface area contributed by atoms with Crippen molar-refractivity contribution in [2.75, 3.05) is 18.1 Å². The first kappa shape index (κ1) is 11.9. The number of aromatic nitrogens is 1. The second-order valence-corrected chi connectivity index (χ2v) is 5.16. The van der Waals surface area contributed by atoms with E-state index in [1.54, 1.807) is 0 Å². The molecule has 0 amide bonds. The molecule has 18 heavy (non-hydrogen) atoms. The summed E-state index contributed by atoms with van der Waals surface area (Å²) >= 11 is 0. The van der Waals surface area contributed by atoms with Gasteiger partial charge < -0.3 is 15.4 Å². The van der Waals surface area contributed by atoms with Gasteiger partial charge in [0.05, 0.1) is 24.4 Å². The van der Waals surface area contributed by atoms with E-state index in [4.69, 9.17) is 10.5 Å². The first-order valence-corrected chi connectivity index (χ1v) is 6.92. The van der Waals surface area contributed by atoms with Gasteiger partial charge in [-0.05, 0) is 25.0 Å². The van der Waals surface area contributed by atoms with Crippen molar-refractivity contribution in [3.05, 3.63) is 24.0 Å². The fourth-order valence-corrected chi connectivity index (χ4v) is 3.17. The molecule has 98 valence electrons. The average Bonchev–Trinajstić information content (AvgIpc) is 2.47. The highest BCUT2D eigenvalue weighted by Crippen LogP contribution is 2.31. The number of ether oxygens (including phenoxy) is 1. The largest absolute Gasteiger partial charge is 0.374 e. The van der Waals surface area contributed by atoms with E-state index in [-0.39, 0.29) is 0 Å². The molecule has 0 bridgehead atoms. The molecule has 2 atom stereocenters. The maximum absolute atomic E-state index is 5.91. The Morgan fingerprint density at radius 3 is 3.17 bits per heavy atom. The Morgan fingerprint density at radius 1 is 1.39 bits per heavy atom. The van der Waals surface area contributed by atoms with Crippen molar-refractivity contribution < 1.29 is 4.74 Å². The number of pyridine rings is 1. The second kappa shape index (κ2) is 5.24. The van der Waals surface area contributed by atoms with Gasteiger partial charge in [0.2, 0.25) is 0 Å². The Morgan fingerprint density at radius 2 is 2.28 bits per heavy atom. The van der Waals surface area contributed by atoms with Crippen molar-refractivity contribution in [2.24, 2.45) is 5.73 Å². The Labute approximate surface area is 108 Å². The van der Waals surface area contributed by atoms with Crippen molar-refractivity contribution in [1.82, 2.24) is 4.98 Å². The van der Waals surface area contributed by atoms with Gasteiger partial charge in [-0.25, -0.2) is 0 Å². The van der Waals surface area contributed by atoms with E-state index in [2.05, 4.69) is 22.0 Å². The van der Waals surface area contributed by atoms with Crippen molar-refractivity contribution in [3.8, 4) is 0 Å². The standard InChI is InChI=1S/C14H21N3O/c15-10-11-9-12(5-6-16-11)17-7-8-18-14-4-2-1-3-13(14)17/h5-6,9,13-14H,1-4,7-8,10,15H2. The highest BCUT2D eigenvalue weighted by Gasteiger charge is 2.34. The van der Waals surface area contributed by atoms with Crippen molar-refractivity contribution >= 4 is 5.69 Å². The van der Waals surface area contributed by atoms with Crippen LogP contribution in [0.25, 0.3) is 0 Å². The van der Waals surface area contributed by atoms with Crippen LogP contribution in [-0.2, 0) is 11.3 Å². The number of hydrogen-bond acceptors (Lipinski definition) is 4. The minimum Gasteiger partial charge on any atom is -0.374 e. The van der Waals surface area contributed by atoms with Gasteiger partial charge in [-0.2, -0.15) is 0 Å². The van der Waals surface area contributed by atoms with Crippen LogP contribution < -0.4 is 10.6 Å². The predicted octanol–water partition coefficient (Wildman–Crippen LogP) is 1.69. The van der Waals surface area contributed by atoms with Crippen LogP contribution in [-0.4, -0.2) is 30.3 Å². The predicted molar refractivity (Wildman–Crippen MR) is 71.5 cm³/mol. The van der Waals surface area contributed by atoms with E-state index in [0.717, 1.165) is 18.8 Å². The fourth-order valence-electron chi connectivity index (χ4n) is 3.17. The van der Waals surface area contributed by atoms with E-state index >= 15 is 0 Å². The smallest absolute Gasteiger partial charge is 0.0779 e. The molecule has 0 radical (unpaired) electrons. The zero-order chi connectivity index (χ0) is 12.4. The molecule has 4 heteroatoms. The first-order valence-electron chi connectivity index (χ1n) is 6.92. The highest BCUT2D eigenvalue weighted by atomic mass is 16.5. The lowest BCUT2D eigenvalue weighted by atomic mass is 9.90. The lowest BCUT2D eigenvalue weighted by Crippen LogP contribution is -2.52. The van der Waals surface area contributed by atoms with Crippen molar-refractivity contribution in [2.45, 2.75) is 44.4 Å². The third kappa shape index (κ3) is 2.22. The van der Waals surface area contributed by atoms with Gasteiger partial charge >= 0.3 is 0 Å². The summed E-state index contributed by atoms with van der Waals surface area (Å²) in [5.41, 5.74) is 7.89. The quantitative estimate of drug-likeness (QED) is 0.864. The monoisotopic (exact) mass is 247 g/mol. The summed E-state index contributed by atoms with van der Waals surface area (Å²) in [6.07, 6.45) is 7.35. The zero-order valence-corrected chi connectivity index (χ0v) is 10.7. The average molecular weight is 247 g/mol. The molecule has 2 aliphatic rings. The molecule has 1 saturated carbocycles. The van der Waals surface area contributed by atoms with Crippen LogP contribution in [0.15, 0.2) is 18.3 Å². The first-order chi connectivity index (χ1) is 8.88. The van der Waals surface area contributed by atoms with Crippen LogP contribution in [0.2, 0.25) is 0 Å². The summed E-state index contributed by atoms with van der Waals surface area (Å²) < 4.78 is 5.91. The summed E-state index contributed by atoms with van der Waals surface area (Å²) in [4.78, 5) is 6.77. The van der Waals surface area contributed by atoms with Crippen molar-refractivity contribution in [3.63, 3.8) is 0 Å². The summed E-state index contributed by atoms with van der Waals surface area (Å²) in [6.45, 7) is 2.32. The number of rotatable bonds is 2. The summed E-state index contributed by atoms with van der Waals surface area (Å²) in [5.74, 6) is 0. The molecule has 3 rings (SSSR count). The lowest BCUT2D eigenvalue weighted by molar-refractivity contribution is -0.00868. The molecule has 0 spiro atoms. The summed E-state index contributed by atoms with van der Waals surface area (Å²) in [5, 5.41) is 0. The number of hydrogen-bond donors (Lipinski definition) is 1. The maximum atomic E-state index is 5.91. The second-order valence-electron chi connectivity index (χ2n) is 5.16. The fraction of sp³-hybridized carbons (Fsp3) is 0.643. The number of nitrogens with two attached hydrogens (primary N) is 1. The topological polar surface area (TPSA) is 51.4 Å². The Balaban J connectivity index is 1.84. The summed E-state index contributed by atoms with van der Waals surface area (Å²) in [7, 11) is 0. The van der Waals surface area contributed by atoms with Crippen LogP contribution in [0.4, 0.5) is 5.69 Å². The SMILES string of the molecule is NCc1cc(N2CCOC3CCCCC32)ccn1. The molecule has 2 fully saturated rings. The molecular weight excluding hydrogens is 226 g/mol. The lowest BCUT2D eigenvalue weighted by Gasteiger charge is -2.45. The van der Waals surface area contributed by atoms with Gasteiger partial charge in [0, 0.05) is 25.0 Å². The number of morpholine rings is 1. The Kier molecular flexibility index (Phi) is 3.48. The van der Waals surface area contributed by atoms with Crippen LogP contribution in [0.5, 0.6) is 0 Å². The number of anilines is 1. The highest BCUT2D eigenvalue weighted by molar-refractivity contribution is 5.48. The van der Waals surface area contributed by atoms with Gasteiger partial charge in [0.15, 0.2) is 0 Å². The molecule has 1 aromatic heterocycles. The van der Waals surface area contributed by atoms with E-state index in [1.165, 1.54) is 31.4 Å². The van der Waals surface area contributed by atoms with Gasteiger partial charge in [-0.15, -0.1) is 0 Å². The molecule has 1 aliphatic heterocycles. The normalized spacial score (nSPS) is 27.9. The van der Waals surface area contributed by atoms with Crippen LogP contribution >= 0.6 is 0 Å². The van der Waals surface area contributed by atoms with Gasteiger partial charge in [0.1, 0.15) is 0 Å². The third-order valence-electron chi connectivity index (χ3n) is 4.07. The zero-order valence-electron chi connectivity index (χ0n) is 10.7. The molecule has 1 aliphatic carbocycles. The number of fused-ring (bicyclic) bond motifs is 1. The van der Waals surface area contributed by atoms with E-state index in [1.807, 2.05) is 6.20 Å². The van der Waals surface area contributed by atoms with Gasteiger partial charge in [0.25, 0.3) is 0 Å². The summed E-state index contributed by atoms with van der Waals surface area (Å²) in [6, 6.07) is 4.76. The van der Waals surface area contributed by atoms with Gasteiger partial charge in [-0.1, -0.05) is 12.8 Å². The van der Waals surface area contributed by atoms with Crippen LogP contribution in [0.3, 0.4) is 0 Å². The van der Waals surface area contributed by atoms with Crippen LogP contribution in [0.1, 0.15) is 31.4 Å². The molecule has 2 unspecified atom stereocenters. The molecular formula is C14H21N3O. The molecule has 0 aromatic carbocycles. The van der Waals surface area contributed by atoms with E-state index in [0.29, 0.717) is 18.7 Å². The molecule has 2 heterocycles. The third-order valence-corrected chi connectivity index (χ3v) is 4.07. The van der Waals surface area contributed by atoms with E-state index in [9.17, 15) is 0 Å². The molecule has 4 nitrogen and oxygen atoms in total. The molecule has 1 saturated heterocycles. The minimum absolute atomic E-state index is 0.419. The van der Waals surface area contributed by atoms with Gasteiger partial charge in [-0.3, -0.25) is 4.98 Å². The van der Waals surface area contributed by atoms with Crippen LogP contribution in [0, 0.1) is 0 Å². The minimum atomic E-state index is 0.419. The maximum Gasteiger partial charge on any atom is 0.0779 e. The Bertz CT molecular complexity index is 408. The Hall–Kier alpha value is -1.13. The number of nitrogens with zero attached hydrogens (tertiary/aromatic N) is 2. The van der Waals surface area contributed by atoms with Crippen molar-refractivity contribution in [1.29, 1.82) is 0 Å².